The number of nitrogens with one attached hydrogen (secondary N) is 1. The summed E-state index contributed by atoms with van der Waals surface area (Å²) in [5.41, 5.74) is -1.15. The monoisotopic (exact) mass is 499 g/mol. The van der Waals surface area contributed by atoms with E-state index >= 15 is 0 Å². The minimum Gasteiger partial charge on any atom is -0.458 e. The zero-order valence-electron chi connectivity index (χ0n) is 20.1. The van der Waals surface area contributed by atoms with Crippen molar-refractivity contribution in [2.75, 3.05) is 18.5 Å². The average Bonchev–Trinajstić information content (AvgIpc) is 3.72. The van der Waals surface area contributed by atoms with E-state index in [1.165, 1.54) is 0 Å². The molecule has 3 aliphatic carbocycles. The standard InChI is InChI=1S/C27H30ClNO6/c1-13(2)25-20(34-25)21-27(35-21)23(3)9-8-14-15(11-32-22(14)30)16(23)10-19-26(27,33-19)24(25,31)12-29-18-7-5-4-6-17(18)28/h4-7,13,16,19-21,29,31H,8-12H2,1-3H3/t16-,19-,20-,21-,23-,24-,25-,26+,27+/m0/s1. The van der Waals surface area contributed by atoms with Gasteiger partial charge in [0, 0.05) is 17.5 Å². The molecule has 2 spiro atoms. The molecule has 5 fully saturated rings. The number of anilines is 1. The van der Waals surface area contributed by atoms with Crippen LogP contribution in [0.3, 0.4) is 0 Å². The minimum atomic E-state index is -1.32. The van der Waals surface area contributed by atoms with Crippen LogP contribution < -0.4 is 5.32 Å². The van der Waals surface area contributed by atoms with Gasteiger partial charge in [0.2, 0.25) is 0 Å². The Labute approximate surface area is 209 Å². The number of esters is 1. The number of ether oxygens (including phenoxy) is 4. The Hall–Kier alpha value is -1.64. The molecule has 8 heteroatoms. The molecule has 4 heterocycles. The molecule has 7 nitrogen and oxygen atoms in total. The van der Waals surface area contributed by atoms with Gasteiger partial charge in [-0.2, -0.15) is 0 Å². The molecular formula is C27H30ClNO6. The van der Waals surface area contributed by atoms with Gasteiger partial charge in [0.15, 0.2) is 5.60 Å². The number of hydrogen-bond donors (Lipinski definition) is 2. The Morgan fingerprint density at radius 2 is 1.97 bits per heavy atom. The summed E-state index contributed by atoms with van der Waals surface area (Å²) in [6.07, 6.45) is 1.74. The summed E-state index contributed by atoms with van der Waals surface area (Å²) in [6, 6.07) is 7.57. The molecule has 0 radical (unpaired) electrons. The number of halogens is 1. The molecule has 186 valence electrons. The molecule has 7 aliphatic rings. The van der Waals surface area contributed by atoms with Gasteiger partial charge in [0.05, 0.1) is 16.8 Å². The van der Waals surface area contributed by atoms with Gasteiger partial charge in [-0.3, -0.25) is 0 Å². The molecule has 2 saturated carbocycles. The molecule has 0 unspecified atom stereocenters. The highest BCUT2D eigenvalue weighted by atomic mass is 35.5. The van der Waals surface area contributed by atoms with Crippen molar-refractivity contribution < 1.29 is 28.8 Å². The van der Waals surface area contributed by atoms with Gasteiger partial charge in [0.1, 0.15) is 35.6 Å². The zero-order valence-corrected chi connectivity index (χ0v) is 20.9. The predicted molar refractivity (Wildman–Crippen MR) is 126 cm³/mol. The van der Waals surface area contributed by atoms with Crippen LogP contribution in [0.15, 0.2) is 35.4 Å². The molecule has 4 aliphatic heterocycles. The number of epoxide rings is 3. The van der Waals surface area contributed by atoms with Crippen molar-refractivity contribution in [3.63, 3.8) is 0 Å². The minimum absolute atomic E-state index is 0.0685. The summed E-state index contributed by atoms with van der Waals surface area (Å²) in [5.74, 6) is 0.0308. The molecule has 8 rings (SSSR count). The van der Waals surface area contributed by atoms with Crippen molar-refractivity contribution in [3.8, 4) is 0 Å². The molecule has 35 heavy (non-hydrogen) atoms. The summed E-state index contributed by atoms with van der Waals surface area (Å²) in [7, 11) is 0. The number of carbonyl (C=O) groups is 1. The summed E-state index contributed by atoms with van der Waals surface area (Å²) in [6.45, 7) is 7.10. The van der Waals surface area contributed by atoms with E-state index in [0.717, 1.165) is 29.7 Å². The van der Waals surface area contributed by atoms with Gasteiger partial charge in [0.25, 0.3) is 0 Å². The highest BCUT2D eigenvalue weighted by Crippen LogP contribution is 2.85. The Morgan fingerprint density at radius 3 is 2.74 bits per heavy atom. The number of fused-ring (bicyclic) bond motifs is 4. The van der Waals surface area contributed by atoms with E-state index in [9.17, 15) is 9.90 Å². The van der Waals surface area contributed by atoms with E-state index in [-0.39, 0.29) is 48.1 Å². The lowest BCUT2D eigenvalue weighted by molar-refractivity contribution is -0.159. The van der Waals surface area contributed by atoms with Crippen LogP contribution in [0.25, 0.3) is 0 Å². The van der Waals surface area contributed by atoms with E-state index < -0.39 is 22.4 Å². The Morgan fingerprint density at radius 1 is 1.17 bits per heavy atom. The first-order valence-corrected chi connectivity index (χ1v) is 13.2. The van der Waals surface area contributed by atoms with E-state index in [1.54, 1.807) is 0 Å². The van der Waals surface area contributed by atoms with Crippen molar-refractivity contribution in [3.05, 3.63) is 40.4 Å². The Bertz CT molecular complexity index is 1230. The van der Waals surface area contributed by atoms with Crippen LogP contribution in [0.4, 0.5) is 5.69 Å². The molecular weight excluding hydrogens is 470 g/mol. The van der Waals surface area contributed by atoms with Gasteiger partial charge in [-0.15, -0.1) is 0 Å². The fourth-order valence-electron chi connectivity index (χ4n) is 9.18. The van der Waals surface area contributed by atoms with E-state index in [0.29, 0.717) is 18.1 Å². The maximum absolute atomic E-state index is 12.9. The van der Waals surface area contributed by atoms with Crippen LogP contribution in [0, 0.1) is 17.3 Å². The largest absolute Gasteiger partial charge is 0.458 e. The molecule has 1 aromatic carbocycles. The molecule has 3 saturated heterocycles. The fraction of sp³-hybridized carbons (Fsp3) is 0.667. The van der Waals surface area contributed by atoms with Crippen molar-refractivity contribution in [1.29, 1.82) is 0 Å². The number of para-hydroxylation sites is 1. The smallest absolute Gasteiger partial charge is 0.334 e. The predicted octanol–water partition coefficient (Wildman–Crippen LogP) is 3.24. The van der Waals surface area contributed by atoms with Crippen LogP contribution in [-0.4, -0.2) is 64.9 Å². The van der Waals surface area contributed by atoms with Crippen LogP contribution in [0.2, 0.25) is 5.02 Å². The second-order valence-corrected chi connectivity index (χ2v) is 12.5. The van der Waals surface area contributed by atoms with Gasteiger partial charge < -0.3 is 29.4 Å². The average molecular weight is 500 g/mol. The first kappa shape index (κ1) is 21.4. The van der Waals surface area contributed by atoms with Gasteiger partial charge in [-0.25, -0.2) is 4.79 Å². The third kappa shape index (κ3) is 2.03. The third-order valence-electron chi connectivity index (χ3n) is 10.8. The lowest BCUT2D eigenvalue weighted by Crippen LogP contribution is -2.77. The number of aliphatic hydroxyl groups is 1. The Balaban J connectivity index is 1.25. The second kappa shape index (κ2) is 6.08. The third-order valence-corrected chi connectivity index (χ3v) is 11.1. The summed E-state index contributed by atoms with van der Waals surface area (Å²) >= 11 is 6.45. The number of carbonyl (C=O) groups excluding carboxylic acids is 1. The summed E-state index contributed by atoms with van der Waals surface area (Å²) < 4.78 is 25.4. The number of benzene rings is 1. The lowest BCUT2D eigenvalue weighted by Gasteiger charge is -2.56. The highest BCUT2D eigenvalue weighted by Gasteiger charge is 3.04. The number of rotatable bonds is 4. The fourth-order valence-corrected chi connectivity index (χ4v) is 9.38. The second-order valence-electron chi connectivity index (χ2n) is 12.1. The van der Waals surface area contributed by atoms with Crippen LogP contribution in [-0.2, 0) is 23.7 Å². The van der Waals surface area contributed by atoms with Crippen molar-refractivity contribution in [2.24, 2.45) is 17.3 Å². The first-order valence-electron chi connectivity index (χ1n) is 12.8. The van der Waals surface area contributed by atoms with Crippen molar-refractivity contribution >= 4 is 23.3 Å². The number of cyclic esters (lactones) is 1. The normalized spacial score (nSPS) is 51.9. The molecule has 2 N–H and O–H groups in total. The first-order chi connectivity index (χ1) is 16.7. The maximum Gasteiger partial charge on any atom is 0.334 e. The van der Waals surface area contributed by atoms with E-state index in [2.05, 4.69) is 26.1 Å². The molecule has 9 atom stereocenters. The van der Waals surface area contributed by atoms with Gasteiger partial charge in [-0.1, -0.05) is 44.5 Å². The van der Waals surface area contributed by atoms with Crippen molar-refractivity contribution in [2.45, 2.75) is 80.7 Å². The maximum atomic E-state index is 12.9. The van der Waals surface area contributed by atoms with Crippen LogP contribution in [0.5, 0.6) is 0 Å². The van der Waals surface area contributed by atoms with E-state index in [4.69, 9.17) is 30.5 Å². The topological polar surface area (TPSA) is 96.2 Å². The lowest BCUT2D eigenvalue weighted by atomic mass is 9.44. The number of hydrogen-bond acceptors (Lipinski definition) is 7. The van der Waals surface area contributed by atoms with Crippen molar-refractivity contribution in [1.82, 2.24) is 0 Å². The quantitative estimate of drug-likeness (QED) is 0.485. The van der Waals surface area contributed by atoms with Crippen LogP contribution in [0.1, 0.15) is 40.0 Å². The molecule has 0 aromatic heterocycles. The molecule has 0 amide bonds. The van der Waals surface area contributed by atoms with Crippen LogP contribution >= 0.6 is 11.6 Å². The summed E-state index contributed by atoms with van der Waals surface area (Å²) in [4.78, 5) is 12.4. The van der Waals surface area contributed by atoms with Gasteiger partial charge in [-0.05, 0) is 48.8 Å². The zero-order chi connectivity index (χ0) is 24.2. The SMILES string of the molecule is CC(C)[C@]12O[C@H]1[C@@H]1O[C@]13[C@]1(O[C@H]1C[C@H]1C4=C(CC[C@@]13C)C(=O)OC4)[C@]2(O)CNc1ccccc1Cl. The van der Waals surface area contributed by atoms with Gasteiger partial charge >= 0.3 is 5.97 Å². The highest BCUT2D eigenvalue weighted by molar-refractivity contribution is 6.33. The molecule has 0 bridgehead atoms. The summed E-state index contributed by atoms with van der Waals surface area (Å²) in [5, 5.41) is 16.9. The molecule has 1 aromatic rings. The van der Waals surface area contributed by atoms with E-state index in [1.807, 2.05) is 24.3 Å². The Kier molecular flexibility index (Phi) is 3.72.